The average molecular weight is 379 g/mol. The summed E-state index contributed by atoms with van der Waals surface area (Å²) in [5.41, 5.74) is 1.48. The number of rotatable bonds is 11. The van der Waals surface area contributed by atoms with Gasteiger partial charge in [0.25, 0.3) is 0 Å². The van der Waals surface area contributed by atoms with Crippen LogP contribution < -0.4 is 0 Å². The molecule has 27 heavy (non-hydrogen) atoms. The van der Waals surface area contributed by atoms with Gasteiger partial charge in [-0.1, -0.05) is 56.9 Å². The van der Waals surface area contributed by atoms with Crippen LogP contribution in [0.4, 0.5) is 0 Å². The number of carbonyl (C=O) groups excluding carboxylic acids is 1. The van der Waals surface area contributed by atoms with Gasteiger partial charge in [-0.2, -0.15) is 0 Å². The second-order valence-corrected chi connectivity index (χ2v) is 8.48. The summed E-state index contributed by atoms with van der Waals surface area (Å²) in [6.07, 6.45) is 14.1. The fourth-order valence-corrected chi connectivity index (χ4v) is 4.70. The summed E-state index contributed by atoms with van der Waals surface area (Å²) < 4.78 is 4.71. The lowest BCUT2D eigenvalue weighted by molar-refractivity contribution is -0.140. The van der Waals surface area contributed by atoms with Gasteiger partial charge in [0.1, 0.15) is 0 Å². The fraction of sp³-hybridized carbons (Fsp3) is 0.783. The highest BCUT2D eigenvalue weighted by atomic mass is 16.5. The molecule has 0 bridgehead atoms. The zero-order chi connectivity index (χ0) is 19.8. The van der Waals surface area contributed by atoms with Crippen LogP contribution in [0.1, 0.15) is 71.6 Å². The minimum Gasteiger partial charge on any atom is -0.469 e. The molecule has 0 aliphatic heterocycles. The molecule has 0 aromatic heterocycles. The van der Waals surface area contributed by atoms with Crippen molar-refractivity contribution in [1.29, 1.82) is 0 Å². The molecule has 2 N–H and O–H groups in total. The van der Waals surface area contributed by atoms with E-state index >= 15 is 0 Å². The Morgan fingerprint density at radius 3 is 2.81 bits per heavy atom. The Labute approximate surface area is 164 Å². The Balaban J connectivity index is 1.87. The monoisotopic (exact) mass is 378 g/mol. The summed E-state index contributed by atoms with van der Waals surface area (Å²) in [5.74, 6) is 1.37. The van der Waals surface area contributed by atoms with Crippen molar-refractivity contribution in [3.8, 4) is 0 Å². The van der Waals surface area contributed by atoms with Gasteiger partial charge in [-0.25, -0.2) is 0 Å². The van der Waals surface area contributed by atoms with Crippen LogP contribution in [0.5, 0.6) is 0 Å². The molecule has 0 amide bonds. The Morgan fingerprint density at radius 1 is 1.33 bits per heavy atom. The van der Waals surface area contributed by atoms with E-state index in [0.717, 1.165) is 51.4 Å². The quantitative estimate of drug-likeness (QED) is 0.317. The Morgan fingerprint density at radius 2 is 2.11 bits per heavy atom. The summed E-state index contributed by atoms with van der Waals surface area (Å²) in [4.78, 5) is 11.3. The molecule has 0 heterocycles. The number of fused-ring (bicyclic) bond motifs is 1. The molecule has 4 unspecified atom stereocenters. The molecule has 0 aromatic rings. The fourth-order valence-electron chi connectivity index (χ4n) is 4.70. The highest BCUT2D eigenvalue weighted by Crippen LogP contribution is 2.49. The zero-order valence-corrected chi connectivity index (χ0v) is 17.3. The predicted octanol–water partition coefficient (Wildman–Crippen LogP) is 4.41. The van der Waals surface area contributed by atoms with E-state index in [4.69, 9.17) is 4.74 Å². The summed E-state index contributed by atoms with van der Waals surface area (Å²) in [7, 11) is 1.44. The summed E-state index contributed by atoms with van der Waals surface area (Å²) in [6.45, 7) is 4.40. The Kier molecular flexibility index (Phi) is 9.04. The van der Waals surface area contributed by atoms with Gasteiger partial charge in [-0.05, 0) is 49.9 Å². The number of hydrogen-bond acceptors (Lipinski definition) is 4. The van der Waals surface area contributed by atoms with Gasteiger partial charge in [-0.3, -0.25) is 4.79 Å². The number of methoxy groups -OCH3 is 1. The molecule has 0 radical (unpaired) electrons. The summed E-state index contributed by atoms with van der Waals surface area (Å²) >= 11 is 0. The maximum Gasteiger partial charge on any atom is 0.305 e. The van der Waals surface area contributed by atoms with E-state index in [1.165, 1.54) is 12.7 Å². The highest BCUT2D eigenvalue weighted by molar-refractivity contribution is 5.68. The van der Waals surface area contributed by atoms with E-state index in [0.29, 0.717) is 24.2 Å². The van der Waals surface area contributed by atoms with Crippen molar-refractivity contribution in [2.45, 2.75) is 83.8 Å². The maximum absolute atomic E-state index is 11.3. The Bertz CT molecular complexity index is 524. The molecule has 4 nitrogen and oxygen atoms in total. The predicted molar refractivity (Wildman–Crippen MR) is 108 cm³/mol. The maximum atomic E-state index is 11.3. The normalized spacial score (nSPS) is 29.6. The summed E-state index contributed by atoms with van der Waals surface area (Å²) in [5, 5.41) is 20.6. The molecule has 2 aliphatic rings. The lowest BCUT2D eigenvalue weighted by Gasteiger charge is -2.17. The van der Waals surface area contributed by atoms with Crippen molar-refractivity contribution in [1.82, 2.24) is 0 Å². The number of aliphatic hydroxyl groups is 2. The molecule has 1 saturated carbocycles. The van der Waals surface area contributed by atoms with Crippen LogP contribution in [-0.4, -0.2) is 35.5 Å². The smallest absolute Gasteiger partial charge is 0.305 e. The second kappa shape index (κ2) is 11.0. The topological polar surface area (TPSA) is 66.8 Å². The number of aliphatic hydroxyl groups excluding tert-OH is 2. The number of hydrogen-bond donors (Lipinski definition) is 2. The van der Waals surface area contributed by atoms with Crippen LogP contribution in [0.15, 0.2) is 23.8 Å². The van der Waals surface area contributed by atoms with E-state index < -0.39 is 6.10 Å². The van der Waals surface area contributed by atoms with Gasteiger partial charge in [0.2, 0.25) is 0 Å². The Hall–Kier alpha value is -1.13. The first-order valence-electron chi connectivity index (χ1n) is 10.8. The molecule has 1 fully saturated rings. The molecular weight excluding hydrogens is 340 g/mol. The molecule has 6 atom stereocenters. The van der Waals surface area contributed by atoms with Crippen LogP contribution in [0.25, 0.3) is 0 Å². The van der Waals surface area contributed by atoms with Crippen LogP contribution in [0, 0.1) is 23.7 Å². The van der Waals surface area contributed by atoms with Crippen molar-refractivity contribution in [3.05, 3.63) is 23.8 Å². The molecule has 154 valence electrons. The van der Waals surface area contributed by atoms with Crippen molar-refractivity contribution >= 4 is 5.97 Å². The molecule has 0 saturated heterocycles. The number of esters is 1. The lowest BCUT2D eigenvalue weighted by atomic mass is 9.91. The molecule has 0 spiro atoms. The van der Waals surface area contributed by atoms with Crippen molar-refractivity contribution in [2.24, 2.45) is 23.7 Å². The van der Waals surface area contributed by atoms with Crippen molar-refractivity contribution in [3.63, 3.8) is 0 Å². The number of unbranched alkanes of at least 4 members (excludes halogenated alkanes) is 2. The van der Waals surface area contributed by atoms with Gasteiger partial charge in [-0.15, -0.1) is 0 Å². The lowest BCUT2D eigenvalue weighted by Crippen LogP contribution is -2.17. The number of carbonyl (C=O) groups is 1. The van der Waals surface area contributed by atoms with E-state index in [1.54, 1.807) is 0 Å². The molecular formula is C23H38O4. The third-order valence-corrected chi connectivity index (χ3v) is 6.42. The van der Waals surface area contributed by atoms with E-state index in [9.17, 15) is 15.0 Å². The highest BCUT2D eigenvalue weighted by Gasteiger charge is 2.43. The van der Waals surface area contributed by atoms with Gasteiger partial charge >= 0.3 is 5.97 Å². The van der Waals surface area contributed by atoms with E-state index in [-0.39, 0.29) is 18.0 Å². The van der Waals surface area contributed by atoms with Crippen LogP contribution >= 0.6 is 0 Å². The van der Waals surface area contributed by atoms with Gasteiger partial charge in [0.05, 0.1) is 19.3 Å². The third-order valence-electron chi connectivity index (χ3n) is 6.42. The van der Waals surface area contributed by atoms with Crippen molar-refractivity contribution < 1.29 is 19.7 Å². The first-order chi connectivity index (χ1) is 13.0. The SMILES string of the molecule is CCCCCC(O)/C=C/[C@@H]1C2C=C(C(C)CCCC(=O)OC)CC2C[C@H]1O. The molecule has 2 rings (SSSR count). The van der Waals surface area contributed by atoms with Crippen LogP contribution in [0.3, 0.4) is 0 Å². The minimum atomic E-state index is -0.398. The van der Waals surface area contributed by atoms with E-state index in [2.05, 4.69) is 26.0 Å². The second-order valence-electron chi connectivity index (χ2n) is 8.48. The van der Waals surface area contributed by atoms with Crippen LogP contribution in [0.2, 0.25) is 0 Å². The third kappa shape index (κ3) is 6.46. The molecule has 2 aliphatic carbocycles. The summed E-state index contributed by atoms with van der Waals surface area (Å²) in [6, 6.07) is 0. The van der Waals surface area contributed by atoms with E-state index in [1.807, 2.05) is 6.08 Å². The molecule has 0 aromatic carbocycles. The minimum absolute atomic E-state index is 0.121. The molecule has 4 heteroatoms. The first-order valence-corrected chi connectivity index (χ1v) is 10.8. The van der Waals surface area contributed by atoms with Gasteiger partial charge in [0, 0.05) is 12.3 Å². The van der Waals surface area contributed by atoms with Crippen LogP contribution in [-0.2, 0) is 9.53 Å². The standard InChI is InChI=1S/C23H38O4/c1-4-5-6-9-19(24)11-12-20-21-14-17(13-18(21)15-22(20)25)16(2)8-7-10-23(26)27-3/h11-12,14,16,18-22,24-25H,4-10,13,15H2,1-3H3/b12-11+/t16?,18?,19?,20-,21?,22-/m1/s1. The van der Waals surface area contributed by atoms with Gasteiger partial charge < -0.3 is 14.9 Å². The number of allylic oxidation sites excluding steroid dienone is 2. The van der Waals surface area contributed by atoms with Crippen molar-refractivity contribution in [2.75, 3.05) is 7.11 Å². The first kappa shape index (κ1) is 22.2. The largest absolute Gasteiger partial charge is 0.469 e. The number of ether oxygens (including phenoxy) is 1. The van der Waals surface area contributed by atoms with Gasteiger partial charge in [0.15, 0.2) is 0 Å². The average Bonchev–Trinajstić information content (AvgIpc) is 3.17. The zero-order valence-electron chi connectivity index (χ0n) is 17.3.